The molecule has 7 fully saturated rings. The lowest BCUT2D eigenvalue weighted by Crippen LogP contribution is -2.62. The van der Waals surface area contributed by atoms with E-state index in [9.17, 15) is 24.0 Å². The maximum absolute atomic E-state index is 15.4. The molecular weight excluding hydrogens is 759 g/mol. The van der Waals surface area contributed by atoms with E-state index < -0.39 is 41.5 Å². The fourth-order valence-electron chi connectivity index (χ4n) is 13.3. The largest absolute Gasteiger partial charge is 0.343 e. The number of urea groups is 1. The number of nitrogens with one attached hydrogen (secondary N) is 4. The summed E-state index contributed by atoms with van der Waals surface area (Å²) in [5.74, 6) is -2.11. The molecule has 7 aliphatic rings. The fourth-order valence-corrected chi connectivity index (χ4v) is 13.3. The van der Waals surface area contributed by atoms with Crippen LogP contribution in [0.25, 0.3) is 0 Å². The van der Waals surface area contributed by atoms with Crippen LogP contribution in [0.1, 0.15) is 151 Å². The van der Waals surface area contributed by atoms with Crippen LogP contribution in [0.4, 0.5) is 4.79 Å². The molecule has 0 aromatic carbocycles. The standard InChI is InChI=1S/C47H75N7O6/c1-8-33-27-47(33,42(59)50-43(60)52(9-2)10-3)51-39(56)35-28-46(44(6,7)45(46)24-18-25-45)29-54(35)41(58)37(32-21-14-15-22-32)49-40(57)36(31-19-12-11-13-20-31)48-38(55)34-23-16-17-26-53(34)30(4)5/h8,30-37H,1,9-29H2,2-7H3,(H,48,55)(H,49,57)(H,51,56)(H,50,59,60). The van der Waals surface area contributed by atoms with Gasteiger partial charge in [0.2, 0.25) is 23.6 Å². The number of fused-ring (bicyclic) bond motifs is 1. The van der Waals surface area contributed by atoms with E-state index in [1.165, 1.54) is 4.90 Å². The van der Waals surface area contributed by atoms with Crippen molar-refractivity contribution in [2.45, 2.75) is 186 Å². The van der Waals surface area contributed by atoms with E-state index in [1.54, 1.807) is 11.0 Å². The molecule has 60 heavy (non-hydrogen) atoms. The van der Waals surface area contributed by atoms with Crippen molar-refractivity contribution in [2.75, 3.05) is 26.2 Å². The molecule has 7 atom stereocenters. The maximum Gasteiger partial charge on any atom is 0.324 e. The molecule has 2 saturated heterocycles. The van der Waals surface area contributed by atoms with Crippen LogP contribution in [-0.4, -0.2) is 112 Å². The van der Waals surface area contributed by atoms with Crippen molar-refractivity contribution in [2.24, 2.45) is 34.0 Å². The van der Waals surface area contributed by atoms with E-state index >= 15 is 4.79 Å². The SMILES string of the molecule is C=CC1CC1(NC(=O)C1CC2(CN1C(=O)C(NC(=O)C(NC(=O)C1CCCCN1C(C)C)C1CCCCC1)C1CCCC1)C(C)(C)C21CCC1)C(=O)NC(=O)N(CC)CC. The molecule has 2 spiro atoms. The second-order valence-corrected chi connectivity index (χ2v) is 20.5. The Labute approximate surface area is 358 Å². The van der Waals surface area contributed by atoms with Crippen molar-refractivity contribution in [1.29, 1.82) is 0 Å². The molecule has 5 saturated carbocycles. The van der Waals surface area contributed by atoms with Gasteiger partial charge in [0.25, 0.3) is 5.91 Å². The Morgan fingerprint density at radius 2 is 1.37 bits per heavy atom. The zero-order valence-electron chi connectivity index (χ0n) is 37.5. The quantitative estimate of drug-likeness (QED) is 0.170. The minimum atomic E-state index is -1.34. The van der Waals surface area contributed by atoms with E-state index in [0.29, 0.717) is 32.5 Å². The van der Waals surface area contributed by atoms with Gasteiger partial charge < -0.3 is 25.8 Å². The lowest BCUT2D eigenvalue weighted by molar-refractivity contribution is -0.144. The predicted octanol–water partition coefficient (Wildman–Crippen LogP) is 5.43. The molecule has 0 aromatic heterocycles. The number of imide groups is 1. The van der Waals surface area contributed by atoms with E-state index in [1.807, 2.05) is 13.8 Å². The highest BCUT2D eigenvalue weighted by atomic mass is 16.2. The topological polar surface area (TPSA) is 160 Å². The highest BCUT2D eigenvalue weighted by molar-refractivity contribution is 6.04. The molecule has 7 amide bonds. The van der Waals surface area contributed by atoms with Gasteiger partial charge in [0.15, 0.2) is 0 Å². The van der Waals surface area contributed by atoms with Crippen LogP contribution in [-0.2, 0) is 24.0 Å². The first-order valence-electron chi connectivity index (χ1n) is 23.8. The summed E-state index contributed by atoms with van der Waals surface area (Å²) in [4.78, 5) is 91.6. The Hall–Kier alpha value is -3.48. The Morgan fingerprint density at radius 1 is 0.750 bits per heavy atom. The molecule has 0 aromatic rings. The van der Waals surface area contributed by atoms with Crippen molar-refractivity contribution in [3.05, 3.63) is 12.7 Å². The Morgan fingerprint density at radius 3 is 1.92 bits per heavy atom. The summed E-state index contributed by atoms with van der Waals surface area (Å²) in [5.41, 5.74) is -1.66. The zero-order valence-corrected chi connectivity index (χ0v) is 37.5. The Bertz CT molecular complexity index is 1680. The Balaban J connectivity index is 1.16. The van der Waals surface area contributed by atoms with E-state index in [2.05, 4.69) is 60.4 Å². The van der Waals surface area contributed by atoms with Gasteiger partial charge in [-0.15, -0.1) is 6.58 Å². The van der Waals surface area contributed by atoms with Crippen molar-refractivity contribution in [1.82, 2.24) is 36.0 Å². The lowest BCUT2D eigenvalue weighted by Gasteiger charge is -2.39. The van der Waals surface area contributed by atoms with Crippen LogP contribution in [0, 0.1) is 34.0 Å². The summed E-state index contributed by atoms with van der Waals surface area (Å²) in [5, 5.41) is 12.2. The molecule has 13 heteroatoms. The van der Waals surface area contributed by atoms with Gasteiger partial charge in [-0.25, -0.2) is 4.79 Å². The molecule has 4 N–H and O–H groups in total. The third-order valence-electron chi connectivity index (χ3n) is 17.4. The summed E-state index contributed by atoms with van der Waals surface area (Å²) < 4.78 is 0. The van der Waals surface area contributed by atoms with Crippen molar-refractivity contribution in [3.63, 3.8) is 0 Å². The number of rotatable bonds is 14. The number of piperidine rings is 1. The summed E-state index contributed by atoms with van der Waals surface area (Å²) in [7, 11) is 0. The molecular formula is C47H75N7O6. The van der Waals surface area contributed by atoms with Gasteiger partial charge in [0.05, 0.1) is 6.04 Å². The fraction of sp³-hybridized carbons (Fsp3) is 0.830. The number of hydrogen-bond acceptors (Lipinski definition) is 7. The predicted molar refractivity (Wildman–Crippen MR) is 230 cm³/mol. The van der Waals surface area contributed by atoms with Gasteiger partial charge in [-0.2, -0.15) is 0 Å². The van der Waals surface area contributed by atoms with Crippen molar-refractivity contribution >= 4 is 35.6 Å². The maximum atomic E-state index is 15.4. The molecule has 334 valence electrons. The van der Waals surface area contributed by atoms with Crippen LogP contribution in [0.5, 0.6) is 0 Å². The number of amides is 7. The number of nitrogens with zero attached hydrogens (tertiary/aromatic N) is 3. The summed E-state index contributed by atoms with van der Waals surface area (Å²) in [6, 6.07) is -3.05. The number of likely N-dealkylation sites (tertiary alicyclic amines) is 2. The monoisotopic (exact) mass is 834 g/mol. The summed E-state index contributed by atoms with van der Waals surface area (Å²) in [6.45, 7) is 18.5. The normalized spacial score (nSPS) is 31.9. The van der Waals surface area contributed by atoms with E-state index in [-0.39, 0.29) is 63.8 Å². The third kappa shape index (κ3) is 7.58. The van der Waals surface area contributed by atoms with Crippen LogP contribution in [0.2, 0.25) is 0 Å². The van der Waals surface area contributed by atoms with Gasteiger partial charge >= 0.3 is 6.03 Å². The average Bonchev–Trinajstić information content (AvgIpc) is 3.69. The molecule has 5 aliphatic carbocycles. The highest BCUT2D eigenvalue weighted by Gasteiger charge is 2.85. The van der Waals surface area contributed by atoms with Crippen LogP contribution >= 0.6 is 0 Å². The zero-order chi connectivity index (χ0) is 43.2. The van der Waals surface area contributed by atoms with E-state index in [4.69, 9.17) is 0 Å². The second-order valence-electron chi connectivity index (χ2n) is 20.5. The molecule has 0 radical (unpaired) electrons. The smallest absolute Gasteiger partial charge is 0.324 e. The number of carbonyl (C=O) groups excluding carboxylic acids is 6. The van der Waals surface area contributed by atoms with Crippen molar-refractivity contribution in [3.8, 4) is 0 Å². The molecule has 0 bridgehead atoms. The highest BCUT2D eigenvalue weighted by Crippen LogP contribution is 2.88. The molecule has 7 rings (SSSR count). The summed E-state index contributed by atoms with van der Waals surface area (Å²) >= 11 is 0. The van der Waals surface area contributed by atoms with Crippen molar-refractivity contribution < 1.29 is 28.8 Å². The molecule has 13 nitrogen and oxygen atoms in total. The van der Waals surface area contributed by atoms with Gasteiger partial charge in [-0.1, -0.05) is 64.9 Å². The second kappa shape index (κ2) is 17.4. The first kappa shape index (κ1) is 44.6. The van der Waals surface area contributed by atoms with Crippen LogP contribution < -0.4 is 21.3 Å². The minimum Gasteiger partial charge on any atom is -0.343 e. The molecule has 7 unspecified atom stereocenters. The minimum absolute atomic E-state index is 0.0234. The van der Waals surface area contributed by atoms with Gasteiger partial charge in [0, 0.05) is 37.0 Å². The van der Waals surface area contributed by atoms with Gasteiger partial charge in [-0.05, 0) is 121 Å². The molecule has 2 aliphatic heterocycles. The van der Waals surface area contributed by atoms with E-state index in [0.717, 1.165) is 103 Å². The molecule has 2 heterocycles. The van der Waals surface area contributed by atoms with Gasteiger partial charge in [-0.3, -0.25) is 34.2 Å². The number of carbonyl (C=O) groups is 6. The lowest BCUT2D eigenvalue weighted by atomic mass is 9.73. The third-order valence-corrected chi connectivity index (χ3v) is 17.4. The van der Waals surface area contributed by atoms with Crippen LogP contribution in [0.15, 0.2) is 12.7 Å². The first-order valence-corrected chi connectivity index (χ1v) is 23.8. The Kier molecular flexibility index (Phi) is 12.9. The number of hydrogen-bond donors (Lipinski definition) is 4. The summed E-state index contributed by atoms with van der Waals surface area (Å²) in [6.07, 6.45) is 16.7. The first-order chi connectivity index (χ1) is 28.6. The van der Waals surface area contributed by atoms with Gasteiger partial charge in [0.1, 0.15) is 23.7 Å². The van der Waals surface area contributed by atoms with Crippen LogP contribution in [0.3, 0.4) is 0 Å². The average molecular weight is 834 g/mol.